The maximum atomic E-state index is 12.8. The van der Waals surface area contributed by atoms with Gasteiger partial charge in [0, 0.05) is 46.8 Å². The molecule has 9 heteroatoms. The molecule has 1 aliphatic heterocycles. The molecule has 5 rings (SSSR count). The van der Waals surface area contributed by atoms with Gasteiger partial charge in [-0.1, -0.05) is 30.3 Å². The van der Waals surface area contributed by atoms with Crippen LogP contribution in [0.2, 0.25) is 0 Å². The van der Waals surface area contributed by atoms with Crippen LogP contribution in [0.15, 0.2) is 72.8 Å². The lowest BCUT2D eigenvalue weighted by Crippen LogP contribution is -2.24. The van der Waals surface area contributed by atoms with Crippen molar-refractivity contribution in [3.8, 4) is 34.5 Å². The number of aromatic carboxylic acids is 1. The van der Waals surface area contributed by atoms with E-state index in [1.165, 1.54) is 54.6 Å². The van der Waals surface area contributed by atoms with Gasteiger partial charge in [-0.25, -0.2) is 4.79 Å². The monoisotopic (exact) mass is 499 g/mol. The molecule has 0 spiro atoms. The summed E-state index contributed by atoms with van der Waals surface area (Å²) in [5.41, 5.74) is 1.87. The number of phenols is 4. The highest BCUT2D eigenvalue weighted by molar-refractivity contribution is 5.98. The predicted molar refractivity (Wildman–Crippen MR) is 132 cm³/mol. The van der Waals surface area contributed by atoms with Gasteiger partial charge in [-0.3, -0.25) is 4.79 Å². The molecule has 0 bridgehead atoms. The number of carboxylic acids is 1. The Balaban J connectivity index is 1.54. The van der Waals surface area contributed by atoms with E-state index in [0.29, 0.717) is 33.8 Å². The maximum absolute atomic E-state index is 12.8. The molecule has 9 nitrogen and oxygen atoms in total. The van der Waals surface area contributed by atoms with Crippen LogP contribution < -0.4 is 10.1 Å². The van der Waals surface area contributed by atoms with Crippen molar-refractivity contribution in [1.29, 1.82) is 0 Å². The first-order valence-electron chi connectivity index (χ1n) is 11.2. The molecule has 4 aromatic carbocycles. The Morgan fingerprint density at radius 2 is 1.41 bits per heavy atom. The van der Waals surface area contributed by atoms with Crippen molar-refractivity contribution in [2.45, 2.75) is 12.5 Å². The molecule has 0 saturated carbocycles. The smallest absolute Gasteiger partial charge is 0.336 e. The number of benzene rings is 4. The van der Waals surface area contributed by atoms with Crippen molar-refractivity contribution in [3.05, 3.63) is 106 Å². The van der Waals surface area contributed by atoms with Crippen LogP contribution in [-0.2, 0) is 6.54 Å². The summed E-state index contributed by atoms with van der Waals surface area (Å²) in [6.45, 7) is -0.0864. The number of aromatic hydroxyl groups is 4. The minimum atomic E-state index is -1.25. The largest absolute Gasteiger partial charge is 0.508 e. The Kier molecular flexibility index (Phi) is 5.81. The number of fused-ring (bicyclic) bond motifs is 2. The minimum Gasteiger partial charge on any atom is -0.508 e. The van der Waals surface area contributed by atoms with Gasteiger partial charge in [0.15, 0.2) is 11.5 Å². The molecule has 0 unspecified atom stereocenters. The van der Waals surface area contributed by atoms with Crippen molar-refractivity contribution in [1.82, 2.24) is 5.32 Å². The summed E-state index contributed by atoms with van der Waals surface area (Å²) in [7, 11) is 0. The van der Waals surface area contributed by atoms with E-state index in [1.807, 2.05) is 0 Å². The van der Waals surface area contributed by atoms with E-state index in [-0.39, 0.29) is 40.7 Å². The molecule has 0 aliphatic carbocycles. The lowest BCUT2D eigenvalue weighted by Gasteiger charge is -2.29. The molecular weight excluding hydrogens is 478 g/mol. The Labute approximate surface area is 210 Å². The number of hydrogen-bond acceptors (Lipinski definition) is 7. The third-order valence-electron chi connectivity index (χ3n) is 6.23. The summed E-state index contributed by atoms with van der Waals surface area (Å²) in [6, 6.07) is 17.7. The highest BCUT2D eigenvalue weighted by Gasteiger charge is 2.32. The maximum Gasteiger partial charge on any atom is 0.336 e. The Bertz CT molecular complexity index is 1510. The van der Waals surface area contributed by atoms with E-state index in [4.69, 9.17) is 4.74 Å². The van der Waals surface area contributed by atoms with Crippen LogP contribution in [0.5, 0.6) is 34.5 Å². The van der Waals surface area contributed by atoms with Crippen LogP contribution in [0, 0.1) is 0 Å². The van der Waals surface area contributed by atoms with E-state index in [9.17, 15) is 35.1 Å². The molecule has 1 aliphatic rings. The fraction of sp³-hybridized carbons (Fsp3) is 0.0714. The number of para-hydroxylation sites is 1. The van der Waals surface area contributed by atoms with Gasteiger partial charge < -0.3 is 35.6 Å². The van der Waals surface area contributed by atoms with Gasteiger partial charge in [-0.15, -0.1) is 0 Å². The molecule has 0 saturated heterocycles. The van der Waals surface area contributed by atoms with Crippen LogP contribution in [-0.4, -0.2) is 37.4 Å². The number of carbonyl (C=O) groups excluding carboxylic acids is 1. The Morgan fingerprint density at radius 3 is 2.03 bits per heavy atom. The molecule has 37 heavy (non-hydrogen) atoms. The van der Waals surface area contributed by atoms with Crippen LogP contribution >= 0.6 is 0 Å². The average molecular weight is 499 g/mol. The molecule has 0 fully saturated rings. The SMILES string of the molecule is O=C(NCc1cccc(O)c1O)c1ccc(C2c3ccc(O)cc3Oc3cc(O)ccc32)c(C(=O)O)c1. The van der Waals surface area contributed by atoms with Gasteiger partial charge >= 0.3 is 5.97 Å². The van der Waals surface area contributed by atoms with Crippen molar-refractivity contribution in [3.63, 3.8) is 0 Å². The quantitative estimate of drug-likeness (QED) is 0.194. The molecule has 4 aromatic rings. The molecule has 0 radical (unpaired) electrons. The first-order chi connectivity index (χ1) is 17.7. The number of carboxylic acid groups (broad SMARTS) is 1. The third-order valence-corrected chi connectivity index (χ3v) is 6.23. The predicted octanol–water partition coefficient (Wildman–Crippen LogP) is 4.42. The molecule has 0 atom stereocenters. The lowest BCUT2D eigenvalue weighted by atomic mass is 9.80. The topological polar surface area (TPSA) is 157 Å². The second-order valence-electron chi connectivity index (χ2n) is 8.55. The van der Waals surface area contributed by atoms with Crippen LogP contribution in [0.3, 0.4) is 0 Å². The van der Waals surface area contributed by atoms with Crippen LogP contribution in [0.25, 0.3) is 0 Å². The molecular formula is C28H21NO8. The Hall–Kier alpha value is -5.18. The second-order valence-corrected chi connectivity index (χ2v) is 8.55. The number of nitrogens with one attached hydrogen (secondary N) is 1. The van der Waals surface area contributed by atoms with Crippen molar-refractivity contribution >= 4 is 11.9 Å². The highest BCUT2D eigenvalue weighted by Crippen LogP contribution is 2.49. The first kappa shape index (κ1) is 23.6. The lowest BCUT2D eigenvalue weighted by molar-refractivity contribution is 0.0695. The fourth-order valence-electron chi connectivity index (χ4n) is 4.45. The van der Waals surface area contributed by atoms with Crippen molar-refractivity contribution in [2.75, 3.05) is 0 Å². The second kappa shape index (κ2) is 9.12. The van der Waals surface area contributed by atoms with E-state index >= 15 is 0 Å². The first-order valence-corrected chi connectivity index (χ1v) is 11.2. The van der Waals surface area contributed by atoms with Crippen molar-refractivity contribution < 1.29 is 39.9 Å². The van der Waals surface area contributed by atoms with E-state index in [0.717, 1.165) is 0 Å². The van der Waals surface area contributed by atoms with Gasteiger partial charge in [0.2, 0.25) is 0 Å². The number of phenolic OH excluding ortho intramolecular Hbond substituents is 4. The number of ether oxygens (including phenoxy) is 1. The summed E-state index contributed by atoms with van der Waals surface area (Å²) in [5, 5.41) is 52.2. The summed E-state index contributed by atoms with van der Waals surface area (Å²) >= 11 is 0. The third kappa shape index (κ3) is 4.34. The normalized spacial score (nSPS) is 12.2. The molecule has 1 heterocycles. The standard InChI is InChI=1S/C28H21NO8/c30-16-5-8-19-23(11-16)37-24-12-17(31)6-9-20(24)25(19)18-7-4-14(10-21(18)28(35)36)27(34)29-13-15-2-1-3-22(32)26(15)33/h1-12,25,30-33H,13H2,(H,29,34)(H,35,36). The van der Waals surface area contributed by atoms with Crippen LogP contribution in [0.1, 0.15) is 48.9 Å². The molecule has 1 amide bonds. The summed E-state index contributed by atoms with van der Waals surface area (Å²) in [6.07, 6.45) is 0. The zero-order valence-electron chi connectivity index (χ0n) is 19.2. The van der Waals surface area contributed by atoms with Crippen molar-refractivity contribution in [2.24, 2.45) is 0 Å². The van der Waals surface area contributed by atoms with Gasteiger partial charge in [0.05, 0.1) is 5.56 Å². The summed E-state index contributed by atoms with van der Waals surface area (Å²) in [5.74, 6) is -2.55. The van der Waals surface area contributed by atoms with Gasteiger partial charge in [0.25, 0.3) is 5.91 Å². The fourth-order valence-corrected chi connectivity index (χ4v) is 4.45. The minimum absolute atomic E-state index is 0.0376. The van der Waals surface area contributed by atoms with E-state index in [2.05, 4.69) is 5.32 Å². The number of rotatable bonds is 5. The number of carbonyl (C=O) groups is 2. The number of amides is 1. The Morgan fingerprint density at radius 1 is 0.784 bits per heavy atom. The molecule has 186 valence electrons. The summed E-state index contributed by atoms with van der Waals surface area (Å²) < 4.78 is 5.88. The van der Waals surface area contributed by atoms with Gasteiger partial charge in [-0.05, 0) is 35.9 Å². The van der Waals surface area contributed by atoms with Gasteiger partial charge in [0.1, 0.15) is 23.0 Å². The number of hydrogen-bond donors (Lipinski definition) is 6. The van der Waals surface area contributed by atoms with Gasteiger partial charge in [-0.2, -0.15) is 0 Å². The zero-order chi connectivity index (χ0) is 26.3. The molecule has 0 aromatic heterocycles. The molecule has 6 N–H and O–H groups in total. The zero-order valence-corrected chi connectivity index (χ0v) is 19.2. The van der Waals surface area contributed by atoms with E-state index < -0.39 is 17.8 Å². The van der Waals surface area contributed by atoms with Crippen LogP contribution in [0.4, 0.5) is 0 Å². The van der Waals surface area contributed by atoms with E-state index in [1.54, 1.807) is 18.2 Å². The average Bonchev–Trinajstić information content (AvgIpc) is 2.87. The highest BCUT2D eigenvalue weighted by atomic mass is 16.5. The summed E-state index contributed by atoms with van der Waals surface area (Å²) in [4.78, 5) is 25.2.